The van der Waals surface area contributed by atoms with Gasteiger partial charge in [-0.05, 0) is 37.6 Å². The van der Waals surface area contributed by atoms with Gasteiger partial charge >= 0.3 is 0 Å². The maximum absolute atomic E-state index is 13.6. The number of benzene rings is 1. The number of sulfonamides is 1. The van der Waals surface area contributed by atoms with Crippen molar-refractivity contribution >= 4 is 21.6 Å². The number of hydrogen-bond donors (Lipinski definition) is 2. The number of amides is 1. The Labute approximate surface area is 159 Å². The Morgan fingerprint density at radius 1 is 1.29 bits per heavy atom. The zero-order valence-corrected chi connectivity index (χ0v) is 16.1. The lowest BCUT2D eigenvalue weighted by atomic mass is 10.1. The van der Waals surface area contributed by atoms with E-state index in [1.165, 1.54) is 24.6 Å². The van der Waals surface area contributed by atoms with Crippen molar-refractivity contribution in [3.05, 3.63) is 47.0 Å². The largest absolute Gasteiger partial charge is 0.345 e. The highest BCUT2D eigenvalue weighted by atomic mass is 32.2. The van der Waals surface area contributed by atoms with Crippen molar-refractivity contribution in [1.29, 1.82) is 0 Å². The Hall–Kier alpha value is -2.40. The molecule has 154 valence electrons. The van der Waals surface area contributed by atoms with Crippen LogP contribution >= 0.6 is 0 Å². The molecule has 2 aromatic rings. The van der Waals surface area contributed by atoms with Gasteiger partial charge in [0.25, 0.3) is 12.3 Å². The summed E-state index contributed by atoms with van der Waals surface area (Å²) >= 11 is 0. The number of hydrogen-bond acceptors (Lipinski definition) is 3. The molecule has 28 heavy (non-hydrogen) atoms. The maximum atomic E-state index is 13.6. The minimum atomic E-state index is -4.28. The number of aromatic nitrogens is 1. The highest BCUT2D eigenvalue weighted by molar-refractivity contribution is 7.89. The minimum absolute atomic E-state index is 0.0390. The van der Waals surface area contributed by atoms with Crippen molar-refractivity contribution in [1.82, 2.24) is 9.29 Å². The zero-order valence-electron chi connectivity index (χ0n) is 15.3. The summed E-state index contributed by atoms with van der Waals surface area (Å²) < 4.78 is 79.4. The van der Waals surface area contributed by atoms with Gasteiger partial charge in [0.15, 0.2) is 0 Å². The van der Waals surface area contributed by atoms with Crippen molar-refractivity contribution in [2.45, 2.75) is 37.9 Å². The molecule has 1 aromatic carbocycles. The predicted octanol–water partition coefficient (Wildman–Crippen LogP) is 3.13. The molecule has 1 atom stereocenters. The molecule has 2 rings (SSSR count). The van der Waals surface area contributed by atoms with E-state index in [9.17, 15) is 30.8 Å². The Kier molecular flexibility index (Phi) is 6.50. The summed E-state index contributed by atoms with van der Waals surface area (Å²) in [5, 5.41) is 2.41. The molecule has 1 aromatic heterocycles. The number of carbonyl (C=O) groups excluding carboxylic acids is 1. The molecule has 0 bridgehead atoms. The number of carbonyl (C=O) groups is 1. The van der Waals surface area contributed by atoms with E-state index in [0.29, 0.717) is 0 Å². The third-order valence-corrected chi connectivity index (χ3v) is 5.68. The van der Waals surface area contributed by atoms with E-state index in [0.717, 1.165) is 25.3 Å². The zero-order chi connectivity index (χ0) is 21.2. The number of rotatable bonds is 7. The van der Waals surface area contributed by atoms with Crippen LogP contribution in [0.5, 0.6) is 0 Å². The molecule has 0 saturated heterocycles. The summed E-state index contributed by atoms with van der Waals surface area (Å²) in [4.78, 5) is 12.1. The fourth-order valence-electron chi connectivity index (χ4n) is 2.48. The summed E-state index contributed by atoms with van der Waals surface area (Å²) in [6.07, 6.45) is -1.82. The fraction of sp³-hybridized carbons (Fsp3) is 0.353. The van der Waals surface area contributed by atoms with Crippen molar-refractivity contribution < 1.29 is 30.8 Å². The molecule has 1 heterocycles. The van der Waals surface area contributed by atoms with Gasteiger partial charge < -0.3 is 9.88 Å². The standard InChI is InChI=1S/C17H19F4N3O3S/c1-9-12(7-18)14(5-4-13(9)19)22-17(25)15-6-11(8-24(15)3)28(26,27)23-10(2)16(20)21/h4-6,8,10,16,23H,7H2,1-3H3,(H,22,25)/t10-/m1/s1. The quantitative estimate of drug-likeness (QED) is 0.674. The number of alkyl halides is 3. The van der Waals surface area contributed by atoms with Crippen LogP contribution in [0.4, 0.5) is 23.2 Å². The van der Waals surface area contributed by atoms with Gasteiger partial charge in [0.2, 0.25) is 10.0 Å². The lowest BCUT2D eigenvalue weighted by Gasteiger charge is -2.12. The molecule has 0 saturated carbocycles. The average Bonchev–Trinajstić information content (AvgIpc) is 3.01. The van der Waals surface area contributed by atoms with Crippen LogP contribution in [0, 0.1) is 12.7 Å². The molecule has 1 amide bonds. The molecular weight excluding hydrogens is 402 g/mol. The molecule has 2 N–H and O–H groups in total. The van der Waals surface area contributed by atoms with Crippen molar-refractivity contribution in [2.24, 2.45) is 7.05 Å². The summed E-state index contributed by atoms with van der Waals surface area (Å²) in [6.45, 7) is 1.36. The first-order valence-corrected chi connectivity index (χ1v) is 9.58. The van der Waals surface area contributed by atoms with E-state index < -0.39 is 40.9 Å². The van der Waals surface area contributed by atoms with Crippen LogP contribution in [-0.2, 0) is 23.7 Å². The van der Waals surface area contributed by atoms with Crippen LogP contribution in [0.2, 0.25) is 0 Å². The number of anilines is 1. The molecule has 0 unspecified atom stereocenters. The van der Waals surface area contributed by atoms with E-state index in [1.807, 2.05) is 4.72 Å². The first-order valence-electron chi connectivity index (χ1n) is 8.10. The Balaban J connectivity index is 2.31. The topological polar surface area (TPSA) is 80.2 Å². The normalized spacial score (nSPS) is 13.0. The molecule has 0 fully saturated rings. The number of nitrogens with one attached hydrogen (secondary N) is 2. The lowest BCUT2D eigenvalue weighted by molar-refractivity contribution is 0.101. The van der Waals surface area contributed by atoms with E-state index in [2.05, 4.69) is 5.32 Å². The average molecular weight is 421 g/mol. The van der Waals surface area contributed by atoms with E-state index in [1.54, 1.807) is 0 Å². The van der Waals surface area contributed by atoms with Crippen LogP contribution in [-0.4, -0.2) is 31.4 Å². The van der Waals surface area contributed by atoms with Gasteiger partial charge in [-0.3, -0.25) is 4.79 Å². The third-order valence-electron chi connectivity index (χ3n) is 4.16. The van der Waals surface area contributed by atoms with E-state index in [-0.39, 0.29) is 27.4 Å². The number of nitrogens with zero attached hydrogens (tertiary/aromatic N) is 1. The van der Waals surface area contributed by atoms with Crippen LogP contribution in [0.1, 0.15) is 28.5 Å². The smallest absolute Gasteiger partial charge is 0.272 e. The molecule has 11 heteroatoms. The molecule has 0 aliphatic heterocycles. The Bertz CT molecular complexity index is 990. The van der Waals surface area contributed by atoms with Gasteiger partial charge in [-0.25, -0.2) is 30.7 Å². The highest BCUT2D eigenvalue weighted by Gasteiger charge is 2.26. The monoisotopic (exact) mass is 421 g/mol. The number of aryl methyl sites for hydroxylation is 1. The molecule has 0 radical (unpaired) electrons. The van der Waals surface area contributed by atoms with Crippen LogP contribution in [0.3, 0.4) is 0 Å². The molecule has 0 aliphatic rings. The summed E-state index contributed by atoms with van der Waals surface area (Å²) in [7, 11) is -2.89. The first-order chi connectivity index (χ1) is 13.0. The van der Waals surface area contributed by atoms with Gasteiger partial charge in [0.1, 0.15) is 23.1 Å². The Morgan fingerprint density at radius 2 is 1.93 bits per heavy atom. The minimum Gasteiger partial charge on any atom is -0.345 e. The lowest BCUT2D eigenvalue weighted by Crippen LogP contribution is -2.37. The third kappa shape index (κ3) is 4.53. The summed E-state index contributed by atoms with van der Waals surface area (Å²) in [5.41, 5.74) is -0.0678. The van der Waals surface area contributed by atoms with Gasteiger partial charge in [-0.2, -0.15) is 0 Å². The second kappa shape index (κ2) is 8.31. The summed E-state index contributed by atoms with van der Waals surface area (Å²) in [5.74, 6) is -1.40. The van der Waals surface area contributed by atoms with Crippen LogP contribution in [0.25, 0.3) is 0 Å². The van der Waals surface area contributed by atoms with Crippen LogP contribution < -0.4 is 10.0 Å². The fourth-order valence-corrected chi connectivity index (χ4v) is 3.77. The van der Waals surface area contributed by atoms with Gasteiger partial charge in [-0.1, -0.05) is 0 Å². The van der Waals surface area contributed by atoms with Gasteiger partial charge in [0.05, 0.1) is 6.04 Å². The molecule has 0 spiro atoms. The van der Waals surface area contributed by atoms with Gasteiger partial charge in [0, 0.05) is 24.5 Å². The van der Waals surface area contributed by atoms with Crippen LogP contribution in [0.15, 0.2) is 29.3 Å². The summed E-state index contributed by atoms with van der Waals surface area (Å²) in [6, 6.07) is 1.65. The van der Waals surface area contributed by atoms with Crippen molar-refractivity contribution in [3.8, 4) is 0 Å². The maximum Gasteiger partial charge on any atom is 0.272 e. The first kappa shape index (κ1) is 21.9. The van der Waals surface area contributed by atoms with Crippen molar-refractivity contribution in [2.75, 3.05) is 5.32 Å². The SMILES string of the molecule is Cc1c(F)ccc(NC(=O)c2cc(S(=O)(=O)N[C@H](C)C(F)F)cn2C)c1CF. The molecule has 6 nitrogen and oxygen atoms in total. The second-order valence-electron chi connectivity index (χ2n) is 6.20. The highest BCUT2D eigenvalue weighted by Crippen LogP contribution is 2.24. The predicted molar refractivity (Wildman–Crippen MR) is 95.1 cm³/mol. The molecular formula is C17H19F4N3O3S. The Morgan fingerprint density at radius 3 is 2.50 bits per heavy atom. The van der Waals surface area contributed by atoms with E-state index in [4.69, 9.17) is 0 Å². The number of halogens is 4. The van der Waals surface area contributed by atoms with Crippen molar-refractivity contribution in [3.63, 3.8) is 0 Å². The van der Waals surface area contributed by atoms with Gasteiger partial charge in [-0.15, -0.1) is 0 Å². The van der Waals surface area contributed by atoms with E-state index >= 15 is 0 Å². The second-order valence-corrected chi connectivity index (χ2v) is 7.92. The molecule has 0 aliphatic carbocycles.